The van der Waals surface area contributed by atoms with Crippen LogP contribution in [0.4, 0.5) is 0 Å². The van der Waals surface area contributed by atoms with E-state index in [0.29, 0.717) is 13.0 Å². The third kappa shape index (κ3) is 3.34. The Bertz CT molecular complexity index is 574. The maximum absolute atomic E-state index is 12.7. The van der Waals surface area contributed by atoms with Crippen molar-refractivity contribution < 1.29 is 15.0 Å². The van der Waals surface area contributed by atoms with Gasteiger partial charge in [0.25, 0.3) is 0 Å². The number of benzene rings is 1. The Hall–Kier alpha value is -1.43. The van der Waals surface area contributed by atoms with Gasteiger partial charge in [0, 0.05) is 24.5 Å². The van der Waals surface area contributed by atoms with Crippen molar-refractivity contribution in [2.24, 2.45) is 5.41 Å². The summed E-state index contributed by atoms with van der Waals surface area (Å²) < 4.78 is 0. The van der Waals surface area contributed by atoms with Crippen LogP contribution in [0.25, 0.3) is 0 Å². The van der Waals surface area contributed by atoms with Crippen molar-refractivity contribution in [2.45, 2.75) is 38.3 Å². The summed E-state index contributed by atoms with van der Waals surface area (Å²) in [5.41, 5.74) is 1.81. The second-order valence-electron chi connectivity index (χ2n) is 7.36. The van der Waals surface area contributed by atoms with Crippen molar-refractivity contribution in [2.75, 3.05) is 33.3 Å². The van der Waals surface area contributed by atoms with Gasteiger partial charge in [-0.3, -0.25) is 4.79 Å². The van der Waals surface area contributed by atoms with Crippen LogP contribution in [0, 0.1) is 5.41 Å². The molecule has 0 unspecified atom stereocenters. The molecule has 24 heavy (non-hydrogen) atoms. The first kappa shape index (κ1) is 17.4. The van der Waals surface area contributed by atoms with Gasteiger partial charge in [-0.2, -0.15) is 0 Å². The monoisotopic (exact) mass is 332 g/mol. The largest absolute Gasteiger partial charge is 0.396 e. The SMILES string of the molecule is CN1CCC[C@]2(CO)CCN(C(=O)Cc3ccc(CO)cc3)C[C@@H]12. The number of hydrogen-bond acceptors (Lipinski definition) is 4. The number of likely N-dealkylation sites (N-methyl/N-ethyl adjacent to an activating group) is 1. The van der Waals surface area contributed by atoms with Crippen LogP contribution in [0.2, 0.25) is 0 Å². The molecule has 2 atom stereocenters. The minimum atomic E-state index is -0.0352. The Morgan fingerprint density at radius 3 is 2.54 bits per heavy atom. The van der Waals surface area contributed by atoms with E-state index in [9.17, 15) is 9.90 Å². The molecule has 0 aromatic heterocycles. The van der Waals surface area contributed by atoms with Gasteiger partial charge in [0.05, 0.1) is 19.6 Å². The first-order chi connectivity index (χ1) is 11.6. The number of aliphatic hydroxyl groups is 2. The van der Waals surface area contributed by atoms with Gasteiger partial charge in [-0.05, 0) is 44.0 Å². The van der Waals surface area contributed by atoms with E-state index in [4.69, 9.17) is 5.11 Å². The van der Waals surface area contributed by atoms with Crippen LogP contribution in [-0.2, 0) is 17.8 Å². The molecule has 3 rings (SSSR count). The highest BCUT2D eigenvalue weighted by molar-refractivity contribution is 5.79. The van der Waals surface area contributed by atoms with Crippen LogP contribution in [0.1, 0.15) is 30.4 Å². The van der Waals surface area contributed by atoms with Crippen LogP contribution in [0.5, 0.6) is 0 Å². The molecule has 1 amide bonds. The lowest BCUT2D eigenvalue weighted by molar-refractivity contribution is -0.139. The molecule has 1 aromatic carbocycles. The lowest BCUT2D eigenvalue weighted by Crippen LogP contribution is -2.62. The smallest absolute Gasteiger partial charge is 0.227 e. The molecule has 2 aliphatic heterocycles. The Kier molecular flexibility index (Phi) is 5.23. The quantitative estimate of drug-likeness (QED) is 0.864. The number of hydrogen-bond donors (Lipinski definition) is 2. The summed E-state index contributed by atoms with van der Waals surface area (Å²) in [6, 6.07) is 7.82. The number of aliphatic hydroxyl groups excluding tert-OH is 2. The summed E-state index contributed by atoms with van der Waals surface area (Å²) >= 11 is 0. The molecule has 0 radical (unpaired) electrons. The number of amides is 1. The number of fused-ring (bicyclic) bond motifs is 1. The molecule has 2 N–H and O–H groups in total. The van der Waals surface area contributed by atoms with Gasteiger partial charge >= 0.3 is 0 Å². The molecule has 2 aliphatic rings. The summed E-state index contributed by atoms with van der Waals surface area (Å²) in [4.78, 5) is 17.0. The number of carbonyl (C=O) groups is 1. The van der Waals surface area contributed by atoms with Gasteiger partial charge in [-0.1, -0.05) is 24.3 Å². The standard InChI is InChI=1S/C19H28N2O3/c1-20-9-2-7-19(14-23)8-10-21(12-17(19)20)18(24)11-15-3-5-16(13-22)6-4-15/h3-6,17,22-23H,2,7-14H2,1H3/t17-,19-/m1/s1. The third-order valence-corrected chi connectivity index (χ3v) is 5.93. The fourth-order valence-electron chi connectivity index (χ4n) is 4.29. The molecule has 132 valence electrons. The zero-order valence-corrected chi connectivity index (χ0v) is 14.4. The first-order valence-electron chi connectivity index (χ1n) is 8.85. The average molecular weight is 332 g/mol. The summed E-state index contributed by atoms with van der Waals surface area (Å²) in [5.74, 6) is 0.150. The van der Waals surface area contributed by atoms with Crippen LogP contribution in [0.3, 0.4) is 0 Å². The molecule has 2 fully saturated rings. The summed E-state index contributed by atoms with van der Waals surface area (Å²) in [5, 5.41) is 19.1. The van der Waals surface area contributed by atoms with E-state index >= 15 is 0 Å². The molecule has 0 saturated carbocycles. The van der Waals surface area contributed by atoms with Crippen LogP contribution >= 0.6 is 0 Å². The molecule has 2 heterocycles. The second-order valence-corrected chi connectivity index (χ2v) is 7.36. The first-order valence-corrected chi connectivity index (χ1v) is 8.85. The van der Waals surface area contributed by atoms with E-state index in [-0.39, 0.29) is 30.6 Å². The lowest BCUT2D eigenvalue weighted by Gasteiger charge is -2.53. The number of rotatable bonds is 4. The number of nitrogens with zero attached hydrogens (tertiary/aromatic N) is 2. The maximum Gasteiger partial charge on any atom is 0.227 e. The second kappa shape index (κ2) is 7.21. The summed E-state index contributed by atoms with van der Waals surface area (Å²) in [7, 11) is 2.11. The number of likely N-dealkylation sites (tertiary alicyclic amines) is 2. The van der Waals surface area contributed by atoms with Gasteiger partial charge in [0.2, 0.25) is 5.91 Å². The Morgan fingerprint density at radius 1 is 1.17 bits per heavy atom. The fourth-order valence-corrected chi connectivity index (χ4v) is 4.29. The normalized spacial score (nSPS) is 27.8. The van der Waals surface area contributed by atoms with E-state index in [2.05, 4.69) is 11.9 Å². The lowest BCUT2D eigenvalue weighted by atomic mass is 9.69. The predicted molar refractivity (Wildman–Crippen MR) is 92.4 cm³/mol. The molecule has 5 heteroatoms. The van der Waals surface area contributed by atoms with Gasteiger partial charge in [0.1, 0.15) is 0 Å². The Labute approximate surface area is 143 Å². The van der Waals surface area contributed by atoms with E-state index < -0.39 is 0 Å². The molecule has 5 nitrogen and oxygen atoms in total. The van der Waals surface area contributed by atoms with Crippen molar-refractivity contribution in [1.82, 2.24) is 9.80 Å². The van der Waals surface area contributed by atoms with Crippen molar-refractivity contribution in [3.63, 3.8) is 0 Å². The van der Waals surface area contributed by atoms with E-state index in [1.165, 1.54) is 0 Å². The van der Waals surface area contributed by atoms with E-state index in [0.717, 1.165) is 43.5 Å². The minimum Gasteiger partial charge on any atom is -0.396 e. The fraction of sp³-hybridized carbons (Fsp3) is 0.632. The molecule has 2 saturated heterocycles. The van der Waals surface area contributed by atoms with Crippen LogP contribution < -0.4 is 0 Å². The highest BCUT2D eigenvalue weighted by Gasteiger charge is 2.47. The number of piperidine rings is 2. The van der Waals surface area contributed by atoms with E-state index in [1.54, 1.807) is 0 Å². The maximum atomic E-state index is 12.7. The van der Waals surface area contributed by atoms with Crippen molar-refractivity contribution in [3.8, 4) is 0 Å². The average Bonchev–Trinajstić information content (AvgIpc) is 2.62. The molecule has 0 aliphatic carbocycles. The van der Waals surface area contributed by atoms with E-state index in [1.807, 2.05) is 29.2 Å². The van der Waals surface area contributed by atoms with Crippen molar-refractivity contribution >= 4 is 5.91 Å². The van der Waals surface area contributed by atoms with Gasteiger partial charge in [0.15, 0.2) is 0 Å². The predicted octanol–water partition coefficient (Wildman–Crippen LogP) is 1.03. The summed E-state index contributed by atoms with van der Waals surface area (Å²) in [6.45, 7) is 2.73. The van der Waals surface area contributed by atoms with Crippen LogP contribution in [-0.4, -0.2) is 65.3 Å². The Morgan fingerprint density at radius 2 is 1.88 bits per heavy atom. The third-order valence-electron chi connectivity index (χ3n) is 5.93. The zero-order chi connectivity index (χ0) is 17.2. The number of carbonyl (C=O) groups excluding carboxylic acids is 1. The molecule has 0 spiro atoms. The highest BCUT2D eigenvalue weighted by Crippen LogP contribution is 2.41. The highest BCUT2D eigenvalue weighted by atomic mass is 16.3. The Balaban J connectivity index is 1.66. The van der Waals surface area contributed by atoms with Crippen LogP contribution in [0.15, 0.2) is 24.3 Å². The topological polar surface area (TPSA) is 64.0 Å². The van der Waals surface area contributed by atoms with Gasteiger partial charge in [-0.15, -0.1) is 0 Å². The summed E-state index contributed by atoms with van der Waals surface area (Å²) in [6.07, 6.45) is 3.46. The zero-order valence-electron chi connectivity index (χ0n) is 14.4. The minimum absolute atomic E-state index is 0.0254. The van der Waals surface area contributed by atoms with Crippen molar-refractivity contribution in [1.29, 1.82) is 0 Å². The van der Waals surface area contributed by atoms with Crippen molar-refractivity contribution in [3.05, 3.63) is 35.4 Å². The molecule has 0 bridgehead atoms. The molecule has 1 aromatic rings. The van der Waals surface area contributed by atoms with Gasteiger partial charge < -0.3 is 20.0 Å². The molecular formula is C19H28N2O3. The molecular weight excluding hydrogens is 304 g/mol. The van der Waals surface area contributed by atoms with Gasteiger partial charge in [-0.25, -0.2) is 0 Å².